The smallest absolute Gasteiger partial charge is 0.218 e. The van der Waals surface area contributed by atoms with Crippen LogP contribution in [0.3, 0.4) is 0 Å². The van der Waals surface area contributed by atoms with Gasteiger partial charge in [-0.3, -0.25) is 4.79 Å². The van der Waals surface area contributed by atoms with Crippen LogP contribution in [0.2, 0.25) is 0 Å². The molecule has 0 aliphatic heterocycles. The fraction of sp³-hybridized carbons (Fsp3) is 0.133. The van der Waals surface area contributed by atoms with Crippen molar-refractivity contribution < 1.29 is 4.79 Å². The minimum Gasteiger partial charge on any atom is -0.370 e. The van der Waals surface area contributed by atoms with E-state index in [0.717, 1.165) is 15.2 Å². The second-order valence-electron chi connectivity index (χ2n) is 4.44. The lowest BCUT2D eigenvalue weighted by Gasteiger charge is -1.99. The van der Waals surface area contributed by atoms with E-state index in [2.05, 4.69) is 28.2 Å². The molecule has 0 spiro atoms. The van der Waals surface area contributed by atoms with E-state index in [1.54, 1.807) is 29.4 Å². The number of nitrogens with two attached hydrogens (primary N) is 1. The molecule has 3 rings (SSSR count). The lowest BCUT2D eigenvalue weighted by Crippen LogP contribution is -2.10. The molecule has 0 bridgehead atoms. The molecular formula is C15H13N3OS2. The number of carbonyl (C=O) groups is 1. The zero-order valence-corrected chi connectivity index (χ0v) is 12.8. The molecule has 6 heteroatoms. The number of nitrogens with zero attached hydrogens (tertiary/aromatic N) is 2. The van der Waals surface area contributed by atoms with Crippen LogP contribution >= 0.6 is 23.1 Å². The number of carbonyl (C=O) groups excluding carboxylic acids is 1. The van der Waals surface area contributed by atoms with Crippen molar-refractivity contribution in [3.8, 4) is 10.4 Å². The van der Waals surface area contributed by atoms with E-state index < -0.39 is 0 Å². The van der Waals surface area contributed by atoms with Gasteiger partial charge in [-0.05, 0) is 11.6 Å². The first kappa shape index (κ1) is 14.0. The molecule has 1 aromatic carbocycles. The van der Waals surface area contributed by atoms with E-state index in [-0.39, 0.29) is 5.91 Å². The Balaban J connectivity index is 1.92. The molecule has 0 saturated heterocycles. The predicted molar refractivity (Wildman–Crippen MR) is 87.4 cm³/mol. The molecule has 0 saturated carbocycles. The zero-order chi connectivity index (χ0) is 14.7. The molecule has 3 aromatic rings. The van der Waals surface area contributed by atoms with Crippen LogP contribution in [0.5, 0.6) is 0 Å². The predicted octanol–water partition coefficient (Wildman–Crippen LogP) is 3.33. The van der Waals surface area contributed by atoms with E-state index >= 15 is 0 Å². The summed E-state index contributed by atoms with van der Waals surface area (Å²) in [4.78, 5) is 21.6. The third-order valence-electron chi connectivity index (χ3n) is 2.94. The Kier molecular flexibility index (Phi) is 4.17. The summed E-state index contributed by atoms with van der Waals surface area (Å²) in [6, 6.07) is 12.3. The van der Waals surface area contributed by atoms with Gasteiger partial charge in [-0.25, -0.2) is 9.97 Å². The average molecular weight is 315 g/mol. The van der Waals surface area contributed by atoms with E-state index in [9.17, 15) is 4.79 Å². The number of thioether (sulfide) groups is 1. The summed E-state index contributed by atoms with van der Waals surface area (Å²) >= 11 is 3.19. The number of aromatic nitrogens is 2. The Morgan fingerprint density at radius 1 is 1.24 bits per heavy atom. The Hall–Kier alpha value is -1.92. The minimum atomic E-state index is -0.289. The molecule has 0 fully saturated rings. The normalized spacial score (nSPS) is 10.9. The highest BCUT2D eigenvalue weighted by atomic mass is 32.2. The van der Waals surface area contributed by atoms with Gasteiger partial charge >= 0.3 is 0 Å². The first-order valence-electron chi connectivity index (χ1n) is 6.45. The Bertz CT molecular complexity index is 771. The Labute approximate surface area is 130 Å². The van der Waals surface area contributed by atoms with Gasteiger partial charge < -0.3 is 5.73 Å². The van der Waals surface area contributed by atoms with Crippen LogP contribution in [0.25, 0.3) is 20.7 Å². The summed E-state index contributed by atoms with van der Waals surface area (Å²) in [7, 11) is 0. The largest absolute Gasteiger partial charge is 0.370 e. The summed E-state index contributed by atoms with van der Waals surface area (Å²) in [5, 5.41) is 1.94. The lowest BCUT2D eigenvalue weighted by molar-refractivity contribution is -0.117. The van der Waals surface area contributed by atoms with Gasteiger partial charge in [-0.2, -0.15) is 0 Å². The van der Waals surface area contributed by atoms with E-state index in [0.29, 0.717) is 12.2 Å². The van der Waals surface area contributed by atoms with Gasteiger partial charge in [0.25, 0.3) is 0 Å². The second-order valence-corrected chi connectivity index (χ2v) is 6.55. The number of fused-ring (bicyclic) bond motifs is 1. The van der Waals surface area contributed by atoms with Crippen molar-refractivity contribution in [2.24, 2.45) is 5.73 Å². The zero-order valence-electron chi connectivity index (χ0n) is 11.2. The van der Waals surface area contributed by atoms with Crippen molar-refractivity contribution in [3.63, 3.8) is 0 Å². The Morgan fingerprint density at radius 2 is 2.05 bits per heavy atom. The van der Waals surface area contributed by atoms with Gasteiger partial charge in [0.1, 0.15) is 16.2 Å². The second kappa shape index (κ2) is 6.24. The van der Waals surface area contributed by atoms with Crippen molar-refractivity contribution in [1.82, 2.24) is 9.97 Å². The molecule has 106 valence electrons. The van der Waals surface area contributed by atoms with Crippen molar-refractivity contribution >= 4 is 39.2 Å². The van der Waals surface area contributed by atoms with E-state index in [1.807, 2.05) is 18.2 Å². The third kappa shape index (κ3) is 3.22. The number of benzene rings is 1. The van der Waals surface area contributed by atoms with Gasteiger partial charge in [0.2, 0.25) is 5.91 Å². The van der Waals surface area contributed by atoms with Crippen molar-refractivity contribution in [2.45, 2.75) is 11.4 Å². The molecule has 21 heavy (non-hydrogen) atoms. The number of amides is 1. The maximum Gasteiger partial charge on any atom is 0.218 e. The first-order chi connectivity index (χ1) is 10.2. The highest BCUT2D eigenvalue weighted by Gasteiger charge is 2.10. The number of primary amides is 1. The summed E-state index contributed by atoms with van der Waals surface area (Å²) in [5.74, 6) is 0.348. The molecule has 0 aliphatic rings. The van der Waals surface area contributed by atoms with Gasteiger partial charge in [-0.1, -0.05) is 30.3 Å². The number of rotatable bonds is 5. The van der Waals surface area contributed by atoms with Crippen molar-refractivity contribution in [2.75, 3.05) is 5.75 Å². The third-order valence-corrected chi connectivity index (χ3v) is 5.04. The highest BCUT2D eigenvalue weighted by Crippen LogP contribution is 2.36. The first-order valence-corrected chi connectivity index (χ1v) is 8.25. The quantitative estimate of drug-likeness (QED) is 0.579. The SMILES string of the molecule is NC(=O)CCSc1ncnc2sc(-c3ccccc3)cc12. The molecular weight excluding hydrogens is 302 g/mol. The maximum atomic E-state index is 10.8. The van der Waals surface area contributed by atoms with Crippen LogP contribution in [-0.4, -0.2) is 21.6 Å². The van der Waals surface area contributed by atoms with Crippen LogP contribution in [0.1, 0.15) is 6.42 Å². The topological polar surface area (TPSA) is 68.9 Å². The highest BCUT2D eigenvalue weighted by molar-refractivity contribution is 7.99. The van der Waals surface area contributed by atoms with Gasteiger partial charge in [0.15, 0.2) is 0 Å². The molecule has 4 nitrogen and oxygen atoms in total. The fourth-order valence-electron chi connectivity index (χ4n) is 1.94. The molecule has 0 atom stereocenters. The standard InChI is InChI=1S/C15H13N3OS2/c16-13(19)6-7-20-14-11-8-12(10-4-2-1-3-5-10)21-15(11)18-9-17-14/h1-5,8-9H,6-7H2,(H2,16,19). The number of hydrogen-bond donors (Lipinski definition) is 1. The number of hydrogen-bond acceptors (Lipinski definition) is 5. The van der Waals surface area contributed by atoms with E-state index in [4.69, 9.17) is 5.73 Å². The van der Waals surface area contributed by atoms with Crippen LogP contribution in [0.4, 0.5) is 0 Å². The van der Waals surface area contributed by atoms with Crippen molar-refractivity contribution in [3.05, 3.63) is 42.7 Å². The van der Waals surface area contributed by atoms with Gasteiger partial charge in [-0.15, -0.1) is 23.1 Å². The van der Waals surface area contributed by atoms with Crippen molar-refractivity contribution in [1.29, 1.82) is 0 Å². The molecule has 2 N–H and O–H groups in total. The molecule has 0 radical (unpaired) electrons. The lowest BCUT2D eigenvalue weighted by atomic mass is 10.2. The Morgan fingerprint density at radius 3 is 2.81 bits per heavy atom. The number of thiophene rings is 1. The molecule has 1 amide bonds. The van der Waals surface area contributed by atoms with Gasteiger partial charge in [0.05, 0.1) is 0 Å². The molecule has 0 unspecified atom stereocenters. The summed E-state index contributed by atoms with van der Waals surface area (Å²) in [6.07, 6.45) is 1.92. The van der Waals surface area contributed by atoms with Crippen LogP contribution in [0.15, 0.2) is 47.8 Å². The van der Waals surface area contributed by atoms with Crippen LogP contribution in [0, 0.1) is 0 Å². The van der Waals surface area contributed by atoms with Crippen LogP contribution < -0.4 is 5.73 Å². The summed E-state index contributed by atoms with van der Waals surface area (Å²) in [5.41, 5.74) is 6.34. The fourth-order valence-corrected chi connectivity index (χ4v) is 3.94. The summed E-state index contributed by atoms with van der Waals surface area (Å²) in [6.45, 7) is 0. The van der Waals surface area contributed by atoms with E-state index in [1.165, 1.54) is 10.4 Å². The van der Waals surface area contributed by atoms with Crippen LogP contribution in [-0.2, 0) is 4.79 Å². The maximum absolute atomic E-state index is 10.8. The summed E-state index contributed by atoms with van der Waals surface area (Å²) < 4.78 is 0. The molecule has 0 aliphatic carbocycles. The minimum absolute atomic E-state index is 0.289. The molecule has 2 heterocycles. The average Bonchev–Trinajstić information content (AvgIpc) is 2.93. The van der Waals surface area contributed by atoms with Gasteiger partial charge in [0, 0.05) is 22.4 Å². The molecule has 2 aromatic heterocycles. The monoisotopic (exact) mass is 315 g/mol.